The van der Waals surface area contributed by atoms with E-state index in [2.05, 4.69) is 10.4 Å². The number of nitriles is 1. The lowest BCUT2D eigenvalue weighted by Gasteiger charge is -2.23. The summed E-state index contributed by atoms with van der Waals surface area (Å²) in [6.07, 6.45) is 8.12. The molecule has 1 N–H and O–H groups in total. The second-order valence-electron chi connectivity index (χ2n) is 6.35. The first-order valence-electron chi connectivity index (χ1n) is 8.36. The average molecular weight is 328 g/mol. The maximum absolute atomic E-state index is 12.3. The zero-order valence-corrected chi connectivity index (χ0v) is 14.5. The molecule has 0 saturated heterocycles. The highest BCUT2D eigenvalue weighted by atomic mass is 16.2. The summed E-state index contributed by atoms with van der Waals surface area (Å²) in [5.41, 5.74) is 2.58. The monoisotopic (exact) mass is 328 g/mol. The van der Waals surface area contributed by atoms with Crippen molar-refractivity contribution < 1.29 is 9.59 Å². The first kappa shape index (κ1) is 17.9. The average Bonchev–Trinajstić information content (AvgIpc) is 2.79. The third kappa shape index (κ3) is 4.10. The number of nitrogens with one attached hydrogen (secondary N) is 1. The van der Waals surface area contributed by atoms with Crippen LogP contribution in [0.15, 0.2) is 6.08 Å². The van der Waals surface area contributed by atoms with Crippen molar-refractivity contribution in [3.63, 3.8) is 0 Å². The molecule has 1 fully saturated rings. The van der Waals surface area contributed by atoms with Crippen LogP contribution in [0.25, 0.3) is 6.08 Å². The smallest absolute Gasteiger partial charge is 0.245 e. The van der Waals surface area contributed by atoms with Crippen molar-refractivity contribution in [2.24, 2.45) is 13.0 Å². The largest absolute Gasteiger partial charge is 0.352 e. The van der Waals surface area contributed by atoms with E-state index in [1.807, 2.05) is 27.0 Å². The van der Waals surface area contributed by atoms with Crippen LogP contribution in [0.2, 0.25) is 0 Å². The first-order valence-corrected chi connectivity index (χ1v) is 8.36. The van der Waals surface area contributed by atoms with Crippen LogP contribution in [0, 0.1) is 31.1 Å². The molecule has 0 unspecified atom stereocenters. The Hall–Kier alpha value is -2.42. The lowest BCUT2D eigenvalue weighted by Crippen LogP contribution is -2.41. The molecule has 0 spiro atoms. The highest BCUT2D eigenvalue weighted by molar-refractivity contribution is 6.10. The fourth-order valence-electron chi connectivity index (χ4n) is 3.08. The zero-order chi connectivity index (χ0) is 17.7. The van der Waals surface area contributed by atoms with Crippen LogP contribution in [0.3, 0.4) is 0 Å². The van der Waals surface area contributed by atoms with Gasteiger partial charge in [0, 0.05) is 24.3 Å². The van der Waals surface area contributed by atoms with Crippen LogP contribution in [-0.4, -0.2) is 27.5 Å². The Balaban J connectivity index is 2.04. The van der Waals surface area contributed by atoms with Gasteiger partial charge in [-0.15, -0.1) is 0 Å². The molecule has 1 heterocycles. The number of aromatic nitrogens is 2. The summed E-state index contributed by atoms with van der Waals surface area (Å²) in [4.78, 5) is 24.5. The van der Waals surface area contributed by atoms with Gasteiger partial charge < -0.3 is 5.32 Å². The summed E-state index contributed by atoms with van der Waals surface area (Å²) >= 11 is 0. The van der Waals surface area contributed by atoms with Crippen LogP contribution in [0.5, 0.6) is 0 Å². The third-order valence-corrected chi connectivity index (χ3v) is 4.61. The summed E-state index contributed by atoms with van der Waals surface area (Å²) in [5, 5.41) is 16.3. The molecule has 1 atom stereocenters. The number of ketones is 1. The number of rotatable bonds is 5. The maximum Gasteiger partial charge on any atom is 0.245 e. The molecule has 1 saturated carbocycles. The van der Waals surface area contributed by atoms with E-state index in [0.717, 1.165) is 42.6 Å². The minimum atomic E-state index is -1.29. The van der Waals surface area contributed by atoms with E-state index in [-0.39, 0.29) is 6.04 Å². The van der Waals surface area contributed by atoms with Gasteiger partial charge in [0.2, 0.25) is 5.91 Å². The topological polar surface area (TPSA) is 87.8 Å². The van der Waals surface area contributed by atoms with Crippen LogP contribution in [-0.2, 0) is 16.6 Å². The van der Waals surface area contributed by atoms with E-state index in [1.54, 1.807) is 10.8 Å². The van der Waals surface area contributed by atoms with Crippen LogP contribution in [0.1, 0.15) is 49.1 Å². The second-order valence-corrected chi connectivity index (χ2v) is 6.35. The number of allylic oxidation sites excluding steroid dienone is 1. The standard InChI is InChI=1S/C18H24N4O2/c1-12-15(13(2)22(3)21-12)9-10-17(23)16(11-19)18(24)20-14-7-5-4-6-8-14/h9-10,14,16H,4-8H2,1-3H3,(H,20,24)/b10-9+/t16-/m0/s1. The maximum atomic E-state index is 12.3. The second kappa shape index (κ2) is 7.91. The number of nitrogens with zero attached hydrogens (tertiary/aromatic N) is 3. The van der Waals surface area contributed by atoms with Crippen molar-refractivity contribution in [1.29, 1.82) is 5.26 Å². The van der Waals surface area contributed by atoms with Gasteiger partial charge in [-0.05, 0) is 38.8 Å². The van der Waals surface area contributed by atoms with Crippen molar-refractivity contribution in [2.45, 2.75) is 52.0 Å². The Kier molecular flexibility index (Phi) is 5.91. The van der Waals surface area contributed by atoms with Gasteiger partial charge >= 0.3 is 0 Å². The molecule has 1 aromatic heterocycles. The molecular formula is C18H24N4O2. The molecule has 128 valence electrons. The summed E-state index contributed by atoms with van der Waals surface area (Å²) < 4.78 is 1.73. The highest BCUT2D eigenvalue weighted by Gasteiger charge is 2.27. The Morgan fingerprint density at radius 1 is 1.33 bits per heavy atom. The quantitative estimate of drug-likeness (QED) is 0.663. The molecule has 1 aliphatic rings. The zero-order valence-electron chi connectivity index (χ0n) is 14.5. The van der Waals surface area contributed by atoms with Crippen molar-refractivity contribution in [1.82, 2.24) is 15.1 Å². The van der Waals surface area contributed by atoms with E-state index in [9.17, 15) is 14.9 Å². The van der Waals surface area contributed by atoms with Crippen molar-refractivity contribution in [3.8, 4) is 6.07 Å². The van der Waals surface area contributed by atoms with E-state index < -0.39 is 17.6 Å². The Morgan fingerprint density at radius 3 is 2.54 bits per heavy atom. The molecule has 0 radical (unpaired) electrons. The van der Waals surface area contributed by atoms with Gasteiger partial charge in [-0.3, -0.25) is 14.3 Å². The van der Waals surface area contributed by atoms with Gasteiger partial charge in [0.05, 0.1) is 11.8 Å². The molecule has 0 aliphatic heterocycles. The number of carbonyl (C=O) groups is 2. The van der Waals surface area contributed by atoms with Gasteiger partial charge in [-0.2, -0.15) is 10.4 Å². The van der Waals surface area contributed by atoms with Gasteiger partial charge in [-0.1, -0.05) is 19.3 Å². The lowest BCUT2D eigenvalue weighted by atomic mass is 9.94. The minimum absolute atomic E-state index is 0.0849. The predicted octanol–water partition coefficient (Wildman–Crippen LogP) is 2.21. The van der Waals surface area contributed by atoms with Crippen LogP contribution in [0.4, 0.5) is 0 Å². The lowest BCUT2D eigenvalue weighted by molar-refractivity contribution is -0.130. The van der Waals surface area contributed by atoms with Gasteiger partial charge in [0.1, 0.15) is 0 Å². The molecular weight excluding hydrogens is 304 g/mol. The van der Waals surface area contributed by atoms with E-state index >= 15 is 0 Å². The Bertz CT molecular complexity index is 691. The van der Waals surface area contributed by atoms with Crippen molar-refractivity contribution >= 4 is 17.8 Å². The van der Waals surface area contributed by atoms with Gasteiger partial charge in [-0.25, -0.2) is 0 Å². The molecule has 1 aliphatic carbocycles. The molecule has 24 heavy (non-hydrogen) atoms. The summed E-state index contributed by atoms with van der Waals surface area (Å²) in [5.74, 6) is -2.27. The molecule has 0 bridgehead atoms. The molecule has 0 aromatic carbocycles. The van der Waals surface area contributed by atoms with Crippen LogP contribution >= 0.6 is 0 Å². The minimum Gasteiger partial charge on any atom is -0.352 e. The number of hydrogen-bond donors (Lipinski definition) is 1. The fraction of sp³-hybridized carbons (Fsp3) is 0.556. The predicted molar refractivity (Wildman–Crippen MR) is 90.8 cm³/mol. The van der Waals surface area contributed by atoms with Gasteiger partial charge in [0.15, 0.2) is 11.7 Å². The third-order valence-electron chi connectivity index (χ3n) is 4.61. The van der Waals surface area contributed by atoms with Crippen LogP contribution < -0.4 is 5.32 Å². The molecule has 1 aromatic rings. The van der Waals surface area contributed by atoms with Gasteiger partial charge in [0.25, 0.3) is 0 Å². The SMILES string of the molecule is Cc1nn(C)c(C)c1/C=C/C(=O)[C@H](C#N)C(=O)NC1CCCCC1. The summed E-state index contributed by atoms with van der Waals surface area (Å²) in [6.45, 7) is 3.76. The summed E-state index contributed by atoms with van der Waals surface area (Å²) in [6, 6.07) is 1.91. The number of carbonyl (C=O) groups excluding carboxylic acids is 2. The molecule has 6 heteroatoms. The van der Waals surface area contributed by atoms with Crippen molar-refractivity contribution in [3.05, 3.63) is 23.0 Å². The normalized spacial score (nSPS) is 16.8. The molecule has 2 rings (SSSR count). The Labute approximate surface area is 142 Å². The number of hydrogen-bond acceptors (Lipinski definition) is 4. The van der Waals surface area contributed by atoms with E-state index in [4.69, 9.17) is 0 Å². The number of aryl methyl sites for hydroxylation is 2. The Morgan fingerprint density at radius 2 is 2.00 bits per heavy atom. The van der Waals surface area contributed by atoms with Crippen molar-refractivity contribution in [2.75, 3.05) is 0 Å². The summed E-state index contributed by atoms with van der Waals surface area (Å²) in [7, 11) is 1.83. The van der Waals surface area contributed by atoms with E-state index in [0.29, 0.717) is 0 Å². The molecule has 6 nitrogen and oxygen atoms in total. The first-order chi connectivity index (χ1) is 11.4. The molecule has 1 amide bonds. The highest BCUT2D eigenvalue weighted by Crippen LogP contribution is 2.18. The van der Waals surface area contributed by atoms with E-state index in [1.165, 1.54) is 12.5 Å². The number of amides is 1. The fourth-order valence-corrected chi connectivity index (χ4v) is 3.08.